The van der Waals surface area contributed by atoms with Gasteiger partial charge in [-0.1, -0.05) is 17.7 Å². The lowest BCUT2D eigenvalue weighted by molar-refractivity contribution is -0.121. The van der Waals surface area contributed by atoms with Crippen LogP contribution in [0, 0.1) is 6.92 Å². The summed E-state index contributed by atoms with van der Waals surface area (Å²) in [6.45, 7) is 5.84. The zero-order chi connectivity index (χ0) is 18.9. The van der Waals surface area contributed by atoms with E-state index in [9.17, 15) is 4.79 Å². The van der Waals surface area contributed by atoms with Gasteiger partial charge >= 0.3 is 0 Å². The minimum Gasteiger partial charge on any atom is -0.496 e. The van der Waals surface area contributed by atoms with Crippen LogP contribution in [0.5, 0.6) is 5.75 Å². The maximum absolute atomic E-state index is 12.2. The molecule has 0 saturated heterocycles. The molecule has 0 radical (unpaired) electrons. The quantitative estimate of drug-likeness (QED) is 0.717. The molecular formula is C19H24Cl2N2O2. The molecule has 1 aliphatic rings. The number of rotatable bonds is 4. The van der Waals surface area contributed by atoms with Crippen molar-refractivity contribution in [2.75, 3.05) is 21.2 Å². The van der Waals surface area contributed by atoms with Crippen LogP contribution in [-0.2, 0) is 4.79 Å². The fourth-order valence-electron chi connectivity index (χ4n) is 3.08. The van der Waals surface area contributed by atoms with E-state index in [1.807, 2.05) is 32.9 Å². The molecule has 3 unspecified atom stereocenters. The van der Waals surface area contributed by atoms with Gasteiger partial charge in [0.1, 0.15) is 11.5 Å². The topological polar surface area (TPSA) is 41.9 Å². The Bertz CT molecular complexity index is 739. The van der Waals surface area contributed by atoms with Gasteiger partial charge in [-0.15, -0.1) is 11.6 Å². The third-order valence-electron chi connectivity index (χ3n) is 4.47. The summed E-state index contributed by atoms with van der Waals surface area (Å²) in [6.07, 6.45) is 3.77. The molecule has 136 valence electrons. The molecule has 3 atom stereocenters. The van der Waals surface area contributed by atoms with Crippen molar-refractivity contribution in [2.24, 2.45) is 4.99 Å². The SMILES string of the molecule is COc1c(C(C)Cl)cc(Cl)c(C)c1C1C=CC(C(=O)N(C)C)=NC1C. The maximum Gasteiger partial charge on any atom is 0.271 e. The minimum absolute atomic E-state index is 0.0403. The summed E-state index contributed by atoms with van der Waals surface area (Å²) < 4.78 is 5.69. The fraction of sp³-hybridized carbons (Fsp3) is 0.474. The monoisotopic (exact) mass is 382 g/mol. The summed E-state index contributed by atoms with van der Waals surface area (Å²) in [7, 11) is 5.07. The third-order valence-corrected chi connectivity index (χ3v) is 5.09. The van der Waals surface area contributed by atoms with Gasteiger partial charge in [0.05, 0.1) is 18.5 Å². The summed E-state index contributed by atoms with van der Waals surface area (Å²) in [5, 5.41) is 0.419. The van der Waals surface area contributed by atoms with Gasteiger partial charge < -0.3 is 9.64 Å². The van der Waals surface area contributed by atoms with Crippen LogP contribution in [0.2, 0.25) is 5.02 Å². The minimum atomic E-state index is -0.232. The fourth-order valence-corrected chi connectivity index (χ4v) is 3.46. The van der Waals surface area contributed by atoms with Gasteiger partial charge in [0.2, 0.25) is 0 Å². The van der Waals surface area contributed by atoms with Gasteiger partial charge in [-0.3, -0.25) is 9.79 Å². The normalized spacial score (nSPS) is 20.9. The van der Waals surface area contributed by atoms with Gasteiger partial charge in [0, 0.05) is 36.2 Å². The Morgan fingerprint density at radius 2 is 2.04 bits per heavy atom. The lowest BCUT2D eigenvalue weighted by Crippen LogP contribution is -2.32. The number of hydrogen-bond donors (Lipinski definition) is 0. The van der Waals surface area contributed by atoms with E-state index >= 15 is 0 Å². The van der Waals surface area contributed by atoms with E-state index in [1.165, 1.54) is 4.90 Å². The molecule has 0 N–H and O–H groups in total. The standard InChI is InChI=1S/C19H24Cl2N2O2/c1-10-15(21)9-14(11(2)20)18(25-6)17(10)13-7-8-16(22-12(13)3)19(24)23(4)5/h7-9,11-13H,1-6H3. The predicted octanol–water partition coefficient (Wildman–Crippen LogP) is 4.53. The van der Waals surface area contributed by atoms with Crippen LogP contribution in [0.25, 0.3) is 0 Å². The van der Waals surface area contributed by atoms with Crippen LogP contribution >= 0.6 is 23.2 Å². The Labute approximate surface area is 159 Å². The second-order valence-electron chi connectivity index (χ2n) is 6.47. The lowest BCUT2D eigenvalue weighted by Gasteiger charge is -2.28. The number of nitrogens with zero attached hydrogens (tertiary/aromatic N) is 2. The Morgan fingerprint density at radius 3 is 2.52 bits per heavy atom. The first-order valence-electron chi connectivity index (χ1n) is 8.17. The molecule has 0 aliphatic carbocycles. The van der Waals surface area contributed by atoms with Crippen molar-refractivity contribution >= 4 is 34.8 Å². The van der Waals surface area contributed by atoms with Crippen molar-refractivity contribution in [3.8, 4) is 5.75 Å². The Kier molecular flexibility index (Phi) is 6.17. The highest BCUT2D eigenvalue weighted by Crippen LogP contribution is 2.43. The van der Waals surface area contributed by atoms with Gasteiger partial charge in [-0.05, 0) is 38.5 Å². The van der Waals surface area contributed by atoms with Gasteiger partial charge in [-0.2, -0.15) is 0 Å². The van der Waals surface area contributed by atoms with Gasteiger partial charge in [0.25, 0.3) is 5.91 Å². The van der Waals surface area contributed by atoms with E-state index in [1.54, 1.807) is 27.3 Å². The van der Waals surface area contributed by atoms with Crippen LogP contribution in [0.4, 0.5) is 0 Å². The van der Waals surface area contributed by atoms with E-state index in [4.69, 9.17) is 27.9 Å². The number of halogens is 2. The summed E-state index contributed by atoms with van der Waals surface area (Å²) in [6, 6.07) is 1.74. The number of dihydropyridines is 1. The summed E-state index contributed by atoms with van der Waals surface area (Å²) >= 11 is 12.8. The molecule has 0 bridgehead atoms. The number of benzene rings is 1. The highest BCUT2D eigenvalue weighted by Gasteiger charge is 2.29. The number of aliphatic imine (C=N–C) groups is 1. The molecule has 4 nitrogen and oxygen atoms in total. The van der Waals surface area contributed by atoms with Crippen LogP contribution in [0.15, 0.2) is 23.2 Å². The largest absolute Gasteiger partial charge is 0.496 e. The van der Waals surface area contributed by atoms with E-state index in [0.717, 1.165) is 22.4 Å². The van der Waals surface area contributed by atoms with Gasteiger partial charge in [-0.25, -0.2) is 0 Å². The molecule has 0 saturated carbocycles. The summed E-state index contributed by atoms with van der Waals surface area (Å²) in [5.74, 6) is 0.594. The zero-order valence-electron chi connectivity index (χ0n) is 15.4. The van der Waals surface area contributed by atoms with E-state index < -0.39 is 0 Å². The lowest BCUT2D eigenvalue weighted by atomic mass is 9.84. The van der Waals surface area contributed by atoms with E-state index in [-0.39, 0.29) is 23.2 Å². The third kappa shape index (κ3) is 3.85. The zero-order valence-corrected chi connectivity index (χ0v) is 16.9. The number of amides is 1. The highest BCUT2D eigenvalue weighted by molar-refractivity contribution is 6.43. The van der Waals surface area contributed by atoms with Crippen LogP contribution in [0.3, 0.4) is 0 Å². The molecule has 1 aromatic rings. The molecular weight excluding hydrogens is 359 g/mol. The highest BCUT2D eigenvalue weighted by atomic mass is 35.5. The molecule has 1 aliphatic heterocycles. The Morgan fingerprint density at radius 1 is 1.40 bits per heavy atom. The van der Waals surface area contributed by atoms with Gasteiger partial charge in [0.15, 0.2) is 0 Å². The second kappa shape index (κ2) is 7.79. The molecule has 1 amide bonds. The van der Waals surface area contributed by atoms with Crippen molar-refractivity contribution in [2.45, 2.75) is 38.1 Å². The Balaban J connectivity index is 2.53. The average molecular weight is 383 g/mol. The smallest absolute Gasteiger partial charge is 0.271 e. The first-order chi connectivity index (χ1) is 11.7. The molecule has 2 rings (SSSR count). The van der Waals surface area contributed by atoms with Crippen molar-refractivity contribution in [1.82, 2.24) is 4.90 Å². The average Bonchev–Trinajstić information content (AvgIpc) is 2.56. The summed E-state index contributed by atoms with van der Waals surface area (Å²) in [4.78, 5) is 18.3. The second-order valence-corrected chi connectivity index (χ2v) is 7.54. The maximum atomic E-state index is 12.2. The molecule has 0 spiro atoms. The van der Waals surface area contributed by atoms with Crippen molar-refractivity contribution in [3.05, 3.63) is 39.9 Å². The number of hydrogen-bond acceptors (Lipinski definition) is 3. The van der Waals surface area contributed by atoms with E-state index in [2.05, 4.69) is 4.99 Å². The number of carbonyl (C=O) groups excluding carboxylic acids is 1. The molecule has 1 aromatic carbocycles. The molecule has 0 fully saturated rings. The van der Waals surface area contributed by atoms with Crippen LogP contribution in [0.1, 0.15) is 41.8 Å². The predicted molar refractivity (Wildman–Crippen MR) is 104 cm³/mol. The van der Waals surface area contributed by atoms with Crippen molar-refractivity contribution in [1.29, 1.82) is 0 Å². The molecule has 25 heavy (non-hydrogen) atoms. The van der Waals surface area contributed by atoms with Crippen LogP contribution in [-0.4, -0.2) is 43.8 Å². The number of methoxy groups -OCH3 is 1. The van der Waals surface area contributed by atoms with Crippen LogP contribution < -0.4 is 4.74 Å². The number of alkyl halides is 1. The summed E-state index contributed by atoms with van der Waals surface area (Å²) in [5.41, 5.74) is 3.23. The molecule has 1 heterocycles. The first-order valence-corrected chi connectivity index (χ1v) is 8.99. The van der Waals surface area contributed by atoms with E-state index in [0.29, 0.717) is 10.7 Å². The van der Waals surface area contributed by atoms with Crippen molar-refractivity contribution < 1.29 is 9.53 Å². The molecule has 0 aromatic heterocycles. The number of carbonyl (C=O) groups is 1. The molecule has 6 heteroatoms. The Hall–Kier alpha value is -1.52. The number of ether oxygens (including phenoxy) is 1. The van der Waals surface area contributed by atoms with Crippen molar-refractivity contribution in [3.63, 3.8) is 0 Å². The first kappa shape index (κ1) is 19.8.